The van der Waals surface area contributed by atoms with E-state index in [9.17, 15) is 17.2 Å². The molecule has 0 spiro atoms. The molecule has 0 radical (unpaired) electrons. The molecule has 0 saturated carbocycles. The molecule has 0 aliphatic carbocycles. The fourth-order valence-electron chi connectivity index (χ4n) is 2.82. The molecule has 0 amide bonds. The lowest BCUT2D eigenvalue weighted by Crippen LogP contribution is -2.48. The number of benzene rings is 1. The molecule has 0 bridgehead atoms. The molecule has 1 atom stereocenters. The Bertz CT molecular complexity index is 912. The summed E-state index contributed by atoms with van der Waals surface area (Å²) in [7, 11) is -4.44. The number of hydrogen-bond acceptors (Lipinski definition) is 5. The minimum Gasteiger partial charge on any atom is -0.313 e. The number of nitrogens with zero attached hydrogens (tertiary/aromatic N) is 3. The topological polar surface area (TPSA) is 86.1 Å². The average Bonchev–Trinajstić information content (AvgIpc) is 2.61. The number of hydrogen-bond donors (Lipinski definition) is 1. The minimum absolute atomic E-state index is 0. The van der Waals surface area contributed by atoms with E-state index in [1.54, 1.807) is 24.4 Å². The quantitative estimate of drug-likeness (QED) is 0.851. The Hall–Kier alpha value is -2.12. The van der Waals surface area contributed by atoms with E-state index in [0.29, 0.717) is 18.7 Å². The second-order valence-corrected chi connectivity index (χ2v) is 7.33. The van der Waals surface area contributed by atoms with Crippen molar-refractivity contribution in [2.24, 2.45) is 0 Å². The number of halogens is 3. The van der Waals surface area contributed by atoms with Gasteiger partial charge in [0.05, 0.1) is 17.7 Å². The standard InChI is InChI=1S/C16H14F2N4O2S.ClH/c17-13-6-11(8-19)7-14(18)16(13)25(23,24)22-5-4-21-10-15(22)12-2-1-3-20-9-12;/h1-3,6-7,9,15,21H,4-5,10H2;1H. The van der Waals surface area contributed by atoms with Crippen molar-refractivity contribution in [1.29, 1.82) is 5.26 Å². The molecule has 3 rings (SSSR count). The van der Waals surface area contributed by atoms with Gasteiger partial charge in [-0.3, -0.25) is 4.98 Å². The Kier molecular flexibility index (Phi) is 6.26. The summed E-state index contributed by atoms with van der Waals surface area (Å²) in [4.78, 5) is 2.93. The molecule has 26 heavy (non-hydrogen) atoms. The summed E-state index contributed by atoms with van der Waals surface area (Å²) in [6.07, 6.45) is 3.07. The largest absolute Gasteiger partial charge is 0.313 e. The highest BCUT2D eigenvalue weighted by atomic mass is 35.5. The van der Waals surface area contributed by atoms with Crippen molar-refractivity contribution in [1.82, 2.24) is 14.6 Å². The molecule has 2 aromatic rings. The predicted octanol–water partition coefficient (Wildman–Crippen LogP) is 1.99. The first-order chi connectivity index (χ1) is 11.9. The van der Waals surface area contributed by atoms with E-state index in [4.69, 9.17) is 5.26 Å². The highest BCUT2D eigenvalue weighted by molar-refractivity contribution is 7.89. The zero-order valence-electron chi connectivity index (χ0n) is 13.4. The molecule has 1 unspecified atom stereocenters. The summed E-state index contributed by atoms with van der Waals surface area (Å²) < 4.78 is 55.4. The maximum atomic E-state index is 14.3. The van der Waals surface area contributed by atoms with Crippen LogP contribution in [0.1, 0.15) is 17.2 Å². The first-order valence-corrected chi connectivity index (χ1v) is 8.91. The van der Waals surface area contributed by atoms with Crippen molar-refractivity contribution in [3.63, 3.8) is 0 Å². The second kappa shape index (κ2) is 8.05. The van der Waals surface area contributed by atoms with Crippen molar-refractivity contribution >= 4 is 22.4 Å². The van der Waals surface area contributed by atoms with Gasteiger partial charge >= 0.3 is 0 Å². The van der Waals surface area contributed by atoms with Gasteiger partial charge in [-0.05, 0) is 23.8 Å². The molecule has 1 aliphatic heterocycles. The Morgan fingerprint density at radius 1 is 1.31 bits per heavy atom. The lowest BCUT2D eigenvalue weighted by atomic mass is 10.1. The molecule has 10 heteroatoms. The summed E-state index contributed by atoms with van der Waals surface area (Å²) >= 11 is 0. The van der Waals surface area contributed by atoms with E-state index in [-0.39, 0.29) is 24.5 Å². The van der Waals surface area contributed by atoms with Gasteiger partial charge in [0.15, 0.2) is 4.90 Å². The molecule has 1 N–H and O–H groups in total. The van der Waals surface area contributed by atoms with Crippen LogP contribution in [0.25, 0.3) is 0 Å². The Morgan fingerprint density at radius 2 is 2.00 bits per heavy atom. The van der Waals surface area contributed by atoms with Crippen LogP contribution in [0.2, 0.25) is 0 Å². The third-order valence-corrected chi connectivity index (χ3v) is 5.92. The number of piperazine rings is 1. The molecule has 6 nitrogen and oxygen atoms in total. The SMILES string of the molecule is Cl.N#Cc1cc(F)c(S(=O)(=O)N2CCNCC2c2cccnc2)c(F)c1. The summed E-state index contributed by atoms with van der Waals surface area (Å²) in [5.41, 5.74) is 0.339. The Balaban J connectivity index is 0.00000243. The maximum Gasteiger partial charge on any atom is 0.249 e. The summed E-state index contributed by atoms with van der Waals surface area (Å²) in [6, 6.07) is 5.77. The summed E-state index contributed by atoms with van der Waals surface area (Å²) in [5, 5.41) is 11.8. The summed E-state index contributed by atoms with van der Waals surface area (Å²) in [6.45, 7) is 0.709. The van der Waals surface area contributed by atoms with E-state index in [1.807, 2.05) is 0 Å². The van der Waals surface area contributed by atoms with Crippen LogP contribution in [0, 0.1) is 23.0 Å². The highest BCUT2D eigenvalue weighted by Gasteiger charge is 2.38. The van der Waals surface area contributed by atoms with E-state index in [1.165, 1.54) is 6.20 Å². The van der Waals surface area contributed by atoms with Gasteiger partial charge in [0.1, 0.15) is 11.6 Å². The van der Waals surface area contributed by atoms with E-state index in [2.05, 4.69) is 10.3 Å². The second-order valence-electron chi connectivity index (χ2n) is 5.50. The number of nitrogens with one attached hydrogen (secondary N) is 1. The molecular weight excluding hydrogens is 386 g/mol. The zero-order chi connectivity index (χ0) is 18.0. The lowest BCUT2D eigenvalue weighted by Gasteiger charge is -2.35. The van der Waals surface area contributed by atoms with Gasteiger partial charge in [-0.1, -0.05) is 6.07 Å². The highest BCUT2D eigenvalue weighted by Crippen LogP contribution is 2.31. The molecule has 1 fully saturated rings. The molecule has 2 heterocycles. The normalized spacial score (nSPS) is 18.0. The van der Waals surface area contributed by atoms with Gasteiger partial charge < -0.3 is 5.32 Å². The number of pyridine rings is 1. The van der Waals surface area contributed by atoms with Crippen LogP contribution in [-0.2, 0) is 10.0 Å². The van der Waals surface area contributed by atoms with Crippen molar-refractivity contribution in [2.45, 2.75) is 10.9 Å². The number of nitriles is 1. The number of rotatable bonds is 3. The predicted molar refractivity (Wildman–Crippen MR) is 92.1 cm³/mol. The zero-order valence-corrected chi connectivity index (χ0v) is 15.0. The third-order valence-electron chi connectivity index (χ3n) is 3.96. The molecule has 1 aliphatic rings. The van der Waals surface area contributed by atoms with Crippen LogP contribution in [0.5, 0.6) is 0 Å². The van der Waals surface area contributed by atoms with Crippen LogP contribution in [0.4, 0.5) is 8.78 Å². The third kappa shape index (κ3) is 3.68. The minimum atomic E-state index is -4.44. The Morgan fingerprint density at radius 3 is 2.58 bits per heavy atom. The van der Waals surface area contributed by atoms with Crippen LogP contribution >= 0.6 is 12.4 Å². The van der Waals surface area contributed by atoms with Crippen molar-refractivity contribution < 1.29 is 17.2 Å². The van der Waals surface area contributed by atoms with Crippen molar-refractivity contribution in [3.05, 3.63) is 59.4 Å². The van der Waals surface area contributed by atoms with Gasteiger partial charge in [0, 0.05) is 32.0 Å². The van der Waals surface area contributed by atoms with Gasteiger partial charge in [0.25, 0.3) is 0 Å². The first kappa shape index (κ1) is 20.2. The molecular formula is C16H15ClF2N4O2S. The number of aromatic nitrogens is 1. The van der Waals surface area contributed by atoms with Gasteiger partial charge in [-0.25, -0.2) is 17.2 Å². The Labute approximate surface area is 155 Å². The smallest absolute Gasteiger partial charge is 0.249 e. The molecule has 1 aromatic carbocycles. The number of sulfonamides is 1. The fraction of sp³-hybridized carbons (Fsp3) is 0.250. The van der Waals surface area contributed by atoms with E-state index < -0.39 is 32.6 Å². The monoisotopic (exact) mass is 400 g/mol. The van der Waals surface area contributed by atoms with Gasteiger partial charge in [-0.2, -0.15) is 9.57 Å². The van der Waals surface area contributed by atoms with Gasteiger partial charge in [0.2, 0.25) is 10.0 Å². The average molecular weight is 401 g/mol. The van der Waals surface area contributed by atoms with E-state index in [0.717, 1.165) is 16.4 Å². The van der Waals surface area contributed by atoms with Crippen molar-refractivity contribution in [2.75, 3.05) is 19.6 Å². The van der Waals surface area contributed by atoms with Crippen molar-refractivity contribution in [3.8, 4) is 6.07 Å². The van der Waals surface area contributed by atoms with Gasteiger partial charge in [-0.15, -0.1) is 12.4 Å². The molecule has 1 aromatic heterocycles. The first-order valence-electron chi connectivity index (χ1n) is 7.47. The summed E-state index contributed by atoms with van der Waals surface area (Å²) in [5.74, 6) is -2.56. The van der Waals surface area contributed by atoms with E-state index >= 15 is 0 Å². The maximum absolute atomic E-state index is 14.3. The van der Waals surface area contributed by atoms with Crippen LogP contribution in [0.15, 0.2) is 41.6 Å². The van der Waals surface area contributed by atoms with Crippen LogP contribution in [0.3, 0.4) is 0 Å². The lowest BCUT2D eigenvalue weighted by molar-refractivity contribution is 0.269. The van der Waals surface area contributed by atoms with Crippen LogP contribution < -0.4 is 5.32 Å². The molecule has 138 valence electrons. The fourth-order valence-corrected chi connectivity index (χ4v) is 4.53. The van der Waals surface area contributed by atoms with Crippen LogP contribution in [-0.4, -0.2) is 37.3 Å². The molecule has 1 saturated heterocycles.